The Morgan fingerprint density at radius 2 is 1.76 bits per heavy atom. The first-order valence-corrected chi connectivity index (χ1v) is 11.1. The van der Waals surface area contributed by atoms with Crippen LogP contribution in [0.1, 0.15) is 68.9 Å². The summed E-state index contributed by atoms with van der Waals surface area (Å²) in [6.45, 7) is 2.97. The molecule has 154 valence electrons. The van der Waals surface area contributed by atoms with E-state index in [-0.39, 0.29) is 6.10 Å². The Labute approximate surface area is 173 Å². The van der Waals surface area contributed by atoms with Gasteiger partial charge in [0.1, 0.15) is 5.82 Å². The van der Waals surface area contributed by atoms with E-state index in [2.05, 4.69) is 41.8 Å². The number of aliphatic hydroxyl groups is 1. The van der Waals surface area contributed by atoms with Crippen molar-refractivity contribution in [3.63, 3.8) is 0 Å². The van der Waals surface area contributed by atoms with E-state index in [9.17, 15) is 5.11 Å². The Balaban J connectivity index is 1.49. The molecular weight excluding hydrogens is 360 g/mol. The maximum atomic E-state index is 10.8. The number of imidazole rings is 1. The molecule has 2 unspecified atom stereocenters. The molecule has 0 spiro atoms. The van der Waals surface area contributed by atoms with Gasteiger partial charge in [-0.1, -0.05) is 68.7 Å². The maximum absolute atomic E-state index is 10.8. The normalized spacial score (nSPS) is 17.4. The number of benzene rings is 2. The predicted molar refractivity (Wildman–Crippen MR) is 117 cm³/mol. The van der Waals surface area contributed by atoms with Crippen molar-refractivity contribution < 1.29 is 9.84 Å². The van der Waals surface area contributed by atoms with Gasteiger partial charge in [0, 0.05) is 5.92 Å². The number of hydrogen-bond acceptors (Lipinski definition) is 3. The first-order valence-electron chi connectivity index (χ1n) is 11.1. The van der Waals surface area contributed by atoms with Gasteiger partial charge in [-0.3, -0.25) is 0 Å². The highest BCUT2D eigenvalue weighted by Crippen LogP contribution is 2.34. The van der Waals surface area contributed by atoms with Gasteiger partial charge in [-0.15, -0.1) is 0 Å². The smallest absolute Gasteiger partial charge is 0.113 e. The average molecular weight is 393 g/mol. The van der Waals surface area contributed by atoms with Crippen molar-refractivity contribution in [1.29, 1.82) is 0 Å². The zero-order valence-electron chi connectivity index (χ0n) is 17.3. The van der Waals surface area contributed by atoms with E-state index in [1.807, 2.05) is 24.3 Å². The van der Waals surface area contributed by atoms with E-state index in [1.54, 1.807) is 0 Å². The summed E-state index contributed by atoms with van der Waals surface area (Å²) in [7, 11) is 0. The third-order valence-electron chi connectivity index (χ3n) is 6.08. The molecule has 1 heterocycles. The van der Waals surface area contributed by atoms with Crippen molar-refractivity contribution in [2.75, 3.05) is 6.61 Å². The highest BCUT2D eigenvalue weighted by atomic mass is 16.5. The van der Waals surface area contributed by atoms with Crippen LogP contribution >= 0.6 is 0 Å². The minimum absolute atomic E-state index is 0.0168. The fourth-order valence-electron chi connectivity index (χ4n) is 4.57. The number of rotatable bonds is 8. The van der Waals surface area contributed by atoms with Crippen LogP contribution in [0.25, 0.3) is 11.0 Å². The van der Waals surface area contributed by atoms with E-state index in [4.69, 9.17) is 9.72 Å². The molecule has 1 aliphatic rings. The Bertz CT molecular complexity index is 900. The number of aliphatic hydroxyl groups excluding tert-OH is 1. The van der Waals surface area contributed by atoms with Gasteiger partial charge in [0.2, 0.25) is 0 Å². The molecule has 0 aliphatic heterocycles. The maximum Gasteiger partial charge on any atom is 0.113 e. The van der Waals surface area contributed by atoms with Crippen molar-refractivity contribution in [3.8, 4) is 0 Å². The fourth-order valence-corrected chi connectivity index (χ4v) is 4.57. The number of nitrogens with zero attached hydrogens (tertiary/aromatic N) is 2. The molecule has 0 radical (unpaired) electrons. The van der Waals surface area contributed by atoms with Gasteiger partial charge in [-0.2, -0.15) is 0 Å². The van der Waals surface area contributed by atoms with Crippen LogP contribution in [-0.4, -0.2) is 27.4 Å². The lowest BCUT2D eigenvalue weighted by Gasteiger charge is -2.24. The zero-order chi connectivity index (χ0) is 20.1. The van der Waals surface area contributed by atoms with Crippen LogP contribution in [0.2, 0.25) is 0 Å². The SMILES string of the molecule is CCC(OCC(O)Cn1c(C2CCCCC2)nc2ccccc21)c1ccccc1. The summed E-state index contributed by atoms with van der Waals surface area (Å²) in [5, 5.41) is 10.8. The van der Waals surface area contributed by atoms with Crippen LogP contribution < -0.4 is 0 Å². The van der Waals surface area contributed by atoms with Crippen LogP contribution in [0.5, 0.6) is 0 Å². The molecule has 4 heteroatoms. The number of aromatic nitrogens is 2. The number of para-hydroxylation sites is 2. The minimum atomic E-state index is -0.562. The summed E-state index contributed by atoms with van der Waals surface area (Å²) in [6.07, 6.45) is 6.60. The second-order valence-electron chi connectivity index (χ2n) is 8.20. The van der Waals surface area contributed by atoms with Crippen LogP contribution in [0.4, 0.5) is 0 Å². The van der Waals surface area contributed by atoms with Crippen LogP contribution in [0, 0.1) is 0 Å². The second kappa shape index (κ2) is 9.55. The Morgan fingerprint density at radius 1 is 1.03 bits per heavy atom. The van der Waals surface area contributed by atoms with Gasteiger partial charge >= 0.3 is 0 Å². The van der Waals surface area contributed by atoms with Gasteiger partial charge in [-0.25, -0.2) is 4.98 Å². The summed E-state index contributed by atoms with van der Waals surface area (Å²) < 4.78 is 8.34. The summed E-state index contributed by atoms with van der Waals surface area (Å²) in [6, 6.07) is 18.5. The molecule has 4 rings (SSSR count). The minimum Gasteiger partial charge on any atom is -0.389 e. The Kier molecular flexibility index (Phi) is 6.63. The van der Waals surface area contributed by atoms with Gasteiger partial charge in [-0.05, 0) is 37.0 Å². The van der Waals surface area contributed by atoms with E-state index in [0.717, 1.165) is 28.8 Å². The van der Waals surface area contributed by atoms with Crippen molar-refractivity contribution in [3.05, 3.63) is 66.0 Å². The standard InChI is InChI=1S/C25H32N2O2/c1-2-24(19-11-5-3-6-12-19)29-18-21(28)17-27-23-16-10-9-15-22(23)26-25(27)20-13-7-4-8-14-20/h3,5-6,9-12,15-16,20-21,24,28H,2,4,7-8,13-14,17-18H2,1H3. The lowest BCUT2D eigenvalue weighted by atomic mass is 9.88. The third kappa shape index (κ3) is 4.71. The van der Waals surface area contributed by atoms with Crippen molar-refractivity contribution in [1.82, 2.24) is 9.55 Å². The first kappa shape index (κ1) is 20.1. The summed E-state index contributed by atoms with van der Waals surface area (Å²) in [5.74, 6) is 1.64. The Hall–Kier alpha value is -2.17. The molecule has 1 saturated carbocycles. The largest absolute Gasteiger partial charge is 0.389 e. The van der Waals surface area contributed by atoms with E-state index in [1.165, 1.54) is 32.1 Å². The molecule has 2 atom stereocenters. The van der Waals surface area contributed by atoms with Gasteiger partial charge < -0.3 is 14.4 Å². The van der Waals surface area contributed by atoms with Gasteiger partial charge in [0.15, 0.2) is 0 Å². The van der Waals surface area contributed by atoms with E-state index >= 15 is 0 Å². The van der Waals surface area contributed by atoms with Crippen LogP contribution in [-0.2, 0) is 11.3 Å². The highest BCUT2D eigenvalue weighted by molar-refractivity contribution is 5.76. The Morgan fingerprint density at radius 3 is 2.52 bits per heavy atom. The lowest BCUT2D eigenvalue weighted by Crippen LogP contribution is -2.25. The van der Waals surface area contributed by atoms with E-state index < -0.39 is 6.10 Å². The summed E-state index contributed by atoms with van der Waals surface area (Å²) in [5.41, 5.74) is 3.30. The molecule has 1 N–H and O–H groups in total. The molecular formula is C25H32N2O2. The van der Waals surface area contributed by atoms with Gasteiger partial charge in [0.25, 0.3) is 0 Å². The lowest BCUT2D eigenvalue weighted by molar-refractivity contribution is -0.0175. The van der Waals surface area contributed by atoms with Gasteiger partial charge in [0.05, 0.1) is 36.4 Å². The number of fused-ring (bicyclic) bond motifs is 1. The molecule has 3 aromatic rings. The third-order valence-corrected chi connectivity index (χ3v) is 6.08. The number of hydrogen-bond donors (Lipinski definition) is 1. The molecule has 1 aliphatic carbocycles. The van der Waals surface area contributed by atoms with Crippen molar-refractivity contribution >= 4 is 11.0 Å². The molecule has 1 fully saturated rings. The molecule has 0 amide bonds. The fraction of sp³-hybridized carbons (Fsp3) is 0.480. The molecule has 4 nitrogen and oxygen atoms in total. The predicted octanol–water partition coefficient (Wildman–Crippen LogP) is 5.61. The highest BCUT2D eigenvalue weighted by Gasteiger charge is 2.24. The van der Waals surface area contributed by atoms with Crippen LogP contribution in [0.15, 0.2) is 54.6 Å². The molecule has 29 heavy (non-hydrogen) atoms. The summed E-state index contributed by atoms with van der Waals surface area (Å²) in [4.78, 5) is 4.96. The molecule has 0 saturated heterocycles. The zero-order valence-corrected chi connectivity index (χ0v) is 17.3. The average Bonchev–Trinajstić information content (AvgIpc) is 3.14. The van der Waals surface area contributed by atoms with Crippen LogP contribution in [0.3, 0.4) is 0 Å². The topological polar surface area (TPSA) is 47.3 Å². The number of ether oxygens (including phenoxy) is 1. The van der Waals surface area contributed by atoms with Crippen molar-refractivity contribution in [2.24, 2.45) is 0 Å². The molecule has 1 aromatic heterocycles. The quantitative estimate of drug-likeness (QED) is 0.542. The summed E-state index contributed by atoms with van der Waals surface area (Å²) >= 11 is 0. The molecule has 2 aromatic carbocycles. The van der Waals surface area contributed by atoms with Crippen molar-refractivity contribution in [2.45, 2.75) is 70.1 Å². The van der Waals surface area contributed by atoms with E-state index in [0.29, 0.717) is 19.1 Å². The monoisotopic (exact) mass is 392 g/mol. The second-order valence-corrected chi connectivity index (χ2v) is 8.20. The first-order chi connectivity index (χ1) is 14.3. The molecule has 0 bridgehead atoms.